The quantitative estimate of drug-likeness (QED) is 0.790. The fraction of sp³-hybridized carbons (Fsp3) is 0. The summed E-state index contributed by atoms with van der Waals surface area (Å²) >= 11 is 9.20. The van der Waals surface area contributed by atoms with Crippen LogP contribution in [0.4, 0.5) is 0 Å². The van der Waals surface area contributed by atoms with Crippen molar-refractivity contribution >= 4 is 27.5 Å². The van der Waals surface area contributed by atoms with Gasteiger partial charge < -0.3 is 4.52 Å². The minimum atomic E-state index is 0.523. The van der Waals surface area contributed by atoms with E-state index < -0.39 is 0 Å². The molecule has 2 aromatic rings. The van der Waals surface area contributed by atoms with Gasteiger partial charge in [-0.15, -0.1) is 0 Å². The Morgan fingerprint density at radius 1 is 1.38 bits per heavy atom. The van der Waals surface area contributed by atoms with Crippen LogP contribution in [-0.4, -0.2) is 10.1 Å². The van der Waals surface area contributed by atoms with Gasteiger partial charge in [0.05, 0.1) is 0 Å². The lowest BCUT2D eigenvalue weighted by Crippen LogP contribution is -1.81. The van der Waals surface area contributed by atoms with Gasteiger partial charge in [0.2, 0.25) is 12.2 Å². The summed E-state index contributed by atoms with van der Waals surface area (Å²) in [4.78, 5) is 3.92. The molecular weight excluding hydrogens is 255 g/mol. The molecule has 3 nitrogen and oxygen atoms in total. The molecule has 13 heavy (non-hydrogen) atoms. The smallest absolute Gasteiger partial charge is 0.214 e. The summed E-state index contributed by atoms with van der Waals surface area (Å²) in [5.41, 5.74) is 0.821. The Hall–Kier alpha value is -0.870. The van der Waals surface area contributed by atoms with Gasteiger partial charge in [-0.05, 0) is 18.2 Å². The summed E-state index contributed by atoms with van der Waals surface area (Å²) in [7, 11) is 0. The predicted octanol–water partition coefficient (Wildman–Crippen LogP) is 3.15. The van der Waals surface area contributed by atoms with E-state index in [0.29, 0.717) is 10.8 Å². The van der Waals surface area contributed by atoms with Crippen molar-refractivity contribution < 1.29 is 4.52 Å². The first-order valence-electron chi connectivity index (χ1n) is 3.49. The standard InChI is InChI=1S/C8H4BrClN2O/c9-7-2-1-5(10)3-6(7)8-11-4-13-12-8/h1-4H. The molecule has 0 N–H and O–H groups in total. The highest BCUT2D eigenvalue weighted by atomic mass is 79.9. The first kappa shape index (κ1) is 8.72. The monoisotopic (exact) mass is 258 g/mol. The highest BCUT2D eigenvalue weighted by Crippen LogP contribution is 2.28. The van der Waals surface area contributed by atoms with Crippen molar-refractivity contribution in [2.45, 2.75) is 0 Å². The van der Waals surface area contributed by atoms with E-state index in [1.165, 1.54) is 6.39 Å². The fourth-order valence-electron chi connectivity index (χ4n) is 0.958. The first-order chi connectivity index (χ1) is 6.27. The SMILES string of the molecule is Clc1ccc(Br)c(-c2ncon2)c1. The van der Waals surface area contributed by atoms with Crippen LogP contribution in [0.25, 0.3) is 11.4 Å². The van der Waals surface area contributed by atoms with Crippen LogP contribution < -0.4 is 0 Å². The lowest BCUT2D eigenvalue weighted by Gasteiger charge is -1.98. The molecule has 1 aromatic carbocycles. The van der Waals surface area contributed by atoms with Crippen molar-refractivity contribution in [2.75, 3.05) is 0 Å². The highest BCUT2D eigenvalue weighted by molar-refractivity contribution is 9.10. The maximum atomic E-state index is 5.83. The third kappa shape index (κ3) is 1.73. The normalized spacial score (nSPS) is 10.3. The maximum absolute atomic E-state index is 5.83. The first-order valence-corrected chi connectivity index (χ1v) is 4.66. The Bertz CT molecular complexity index is 416. The average Bonchev–Trinajstić information content (AvgIpc) is 2.61. The Morgan fingerprint density at radius 3 is 2.92 bits per heavy atom. The molecule has 0 saturated carbocycles. The number of hydrogen-bond donors (Lipinski definition) is 0. The van der Waals surface area contributed by atoms with Crippen molar-refractivity contribution in [3.8, 4) is 11.4 Å². The summed E-state index contributed by atoms with van der Waals surface area (Å²) in [6, 6.07) is 5.40. The van der Waals surface area contributed by atoms with Gasteiger partial charge in [-0.25, -0.2) is 0 Å². The molecule has 1 heterocycles. The van der Waals surface area contributed by atoms with Crippen molar-refractivity contribution in [3.05, 3.63) is 34.1 Å². The van der Waals surface area contributed by atoms with E-state index in [4.69, 9.17) is 11.6 Å². The van der Waals surface area contributed by atoms with Gasteiger partial charge in [0.25, 0.3) is 0 Å². The van der Waals surface area contributed by atoms with Crippen LogP contribution in [0, 0.1) is 0 Å². The molecule has 0 unspecified atom stereocenters. The van der Waals surface area contributed by atoms with Gasteiger partial charge in [0.15, 0.2) is 0 Å². The van der Waals surface area contributed by atoms with E-state index in [1.807, 2.05) is 6.07 Å². The second kappa shape index (κ2) is 3.47. The van der Waals surface area contributed by atoms with E-state index >= 15 is 0 Å². The largest absolute Gasteiger partial charge is 0.342 e. The molecule has 0 aliphatic carbocycles. The van der Waals surface area contributed by atoms with Crippen LogP contribution >= 0.6 is 27.5 Å². The van der Waals surface area contributed by atoms with Gasteiger partial charge in [-0.2, -0.15) is 4.98 Å². The zero-order chi connectivity index (χ0) is 9.26. The van der Waals surface area contributed by atoms with Crippen LogP contribution in [0.5, 0.6) is 0 Å². The minimum absolute atomic E-state index is 0.523. The average molecular weight is 259 g/mol. The van der Waals surface area contributed by atoms with Crippen LogP contribution in [0.3, 0.4) is 0 Å². The Labute approximate surface area is 87.8 Å². The number of hydrogen-bond acceptors (Lipinski definition) is 3. The van der Waals surface area contributed by atoms with Gasteiger partial charge in [0, 0.05) is 15.1 Å². The van der Waals surface area contributed by atoms with Crippen LogP contribution in [0.1, 0.15) is 0 Å². The number of rotatable bonds is 1. The summed E-state index contributed by atoms with van der Waals surface area (Å²) < 4.78 is 5.53. The Morgan fingerprint density at radius 2 is 2.23 bits per heavy atom. The molecule has 0 radical (unpaired) electrons. The molecule has 0 bridgehead atoms. The van der Waals surface area contributed by atoms with E-state index in [1.54, 1.807) is 12.1 Å². The lowest BCUT2D eigenvalue weighted by atomic mass is 10.2. The predicted molar refractivity (Wildman–Crippen MR) is 52.4 cm³/mol. The Balaban J connectivity index is 2.57. The molecule has 0 saturated heterocycles. The molecule has 0 atom stereocenters. The topological polar surface area (TPSA) is 38.9 Å². The summed E-state index contributed by atoms with van der Waals surface area (Å²) in [6.45, 7) is 0. The van der Waals surface area contributed by atoms with E-state index in [9.17, 15) is 0 Å². The van der Waals surface area contributed by atoms with Crippen LogP contribution in [0.15, 0.2) is 33.6 Å². The van der Waals surface area contributed by atoms with Crippen molar-refractivity contribution in [1.82, 2.24) is 10.1 Å². The zero-order valence-corrected chi connectivity index (χ0v) is 8.71. The molecule has 66 valence electrons. The van der Waals surface area contributed by atoms with Gasteiger partial charge in [0.1, 0.15) is 0 Å². The van der Waals surface area contributed by atoms with Crippen LogP contribution in [-0.2, 0) is 0 Å². The third-order valence-corrected chi connectivity index (χ3v) is 2.46. The van der Waals surface area contributed by atoms with E-state index in [0.717, 1.165) is 10.0 Å². The second-order valence-electron chi connectivity index (χ2n) is 2.38. The van der Waals surface area contributed by atoms with Gasteiger partial charge >= 0.3 is 0 Å². The van der Waals surface area contributed by atoms with Gasteiger partial charge in [-0.1, -0.05) is 32.7 Å². The fourth-order valence-corrected chi connectivity index (χ4v) is 1.55. The van der Waals surface area contributed by atoms with Crippen molar-refractivity contribution in [1.29, 1.82) is 0 Å². The molecule has 1 aromatic heterocycles. The van der Waals surface area contributed by atoms with Crippen molar-refractivity contribution in [2.24, 2.45) is 0 Å². The summed E-state index contributed by atoms with van der Waals surface area (Å²) in [5, 5.41) is 4.36. The molecule has 5 heteroatoms. The van der Waals surface area contributed by atoms with Crippen LogP contribution in [0.2, 0.25) is 5.02 Å². The van der Waals surface area contributed by atoms with Gasteiger partial charge in [-0.3, -0.25) is 0 Å². The summed E-state index contributed by atoms with van der Waals surface area (Å²) in [6.07, 6.45) is 1.28. The summed E-state index contributed by atoms with van der Waals surface area (Å²) in [5.74, 6) is 0.523. The molecule has 0 amide bonds. The zero-order valence-electron chi connectivity index (χ0n) is 6.37. The molecule has 0 aliphatic heterocycles. The lowest BCUT2D eigenvalue weighted by molar-refractivity contribution is 0.418. The number of aromatic nitrogens is 2. The number of nitrogens with zero attached hydrogens (tertiary/aromatic N) is 2. The highest BCUT2D eigenvalue weighted by Gasteiger charge is 2.07. The molecule has 2 rings (SSSR count). The third-order valence-electron chi connectivity index (χ3n) is 1.53. The Kier molecular flexibility index (Phi) is 2.33. The maximum Gasteiger partial charge on any atom is 0.214 e. The molecule has 0 spiro atoms. The minimum Gasteiger partial charge on any atom is -0.342 e. The molecule has 0 fully saturated rings. The second-order valence-corrected chi connectivity index (χ2v) is 3.67. The molecule has 0 aliphatic rings. The van der Waals surface area contributed by atoms with E-state index in [2.05, 4.69) is 30.6 Å². The molecular formula is C8H4BrClN2O. The van der Waals surface area contributed by atoms with E-state index in [-0.39, 0.29) is 0 Å². The van der Waals surface area contributed by atoms with Crippen molar-refractivity contribution in [3.63, 3.8) is 0 Å². The number of halogens is 2. The number of benzene rings is 1.